The first-order valence-electron chi connectivity index (χ1n) is 10.4. The quantitative estimate of drug-likeness (QED) is 0.487. The minimum atomic E-state index is 0.303. The number of aryl methyl sites for hydroxylation is 4. The zero-order valence-electron chi connectivity index (χ0n) is 18.3. The van der Waals surface area contributed by atoms with Crippen molar-refractivity contribution < 1.29 is 23.7 Å². The highest BCUT2D eigenvalue weighted by Gasteiger charge is 2.13. The Balaban J connectivity index is 1.45. The van der Waals surface area contributed by atoms with Crippen LogP contribution >= 0.6 is 0 Å². The molecule has 5 heteroatoms. The molecular formula is C26H28O5. The predicted octanol–water partition coefficient (Wildman–Crippen LogP) is 5.01. The summed E-state index contributed by atoms with van der Waals surface area (Å²) in [6.45, 7) is 0.303. The van der Waals surface area contributed by atoms with Gasteiger partial charge in [0, 0.05) is 6.07 Å². The fourth-order valence-corrected chi connectivity index (χ4v) is 3.82. The van der Waals surface area contributed by atoms with Gasteiger partial charge in [-0.25, -0.2) is 0 Å². The van der Waals surface area contributed by atoms with Crippen LogP contribution in [-0.2, 0) is 25.7 Å². The first-order chi connectivity index (χ1) is 15.2. The molecule has 0 bridgehead atoms. The van der Waals surface area contributed by atoms with Crippen LogP contribution in [0.25, 0.3) is 0 Å². The molecule has 0 spiro atoms. The van der Waals surface area contributed by atoms with E-state index < -0.39 is 0 Å². The second-order valence-electron chi connectivity index (χ2n) is 7.60. The molecule has 0 fully saturated rings. The van der Waals surface area contributed by atoms with E-state index in [1.54, 1.807) is 21.3 Å². The summed E-state index contributed by atoms with van der Waals surface area (Å²) < 4.78 is 27.2. The Kier molecular flexibility index (Phi) is 6.51. The molecule has 4 rings (SSSR count). The number of methoxy groups -OCH3 is 3. The maximum atomic E-state index is 5.56. The Morgan fingerprint density at radius 1 is 0.548 bits per heavy atom. The van der Waals surface area contributed by atoms with E-state index in [-0.39, 0.29) is 0 Å². The van der Waals surface area contributed by atoms with Crippen LogP contribution in [0.15, 0.2) is 54.6 Å². The zero-order chi connectivity index (χ0) is 21.6. The van der Waals surface area contributed by atoms with Crippen molar-refractivity contribution in [3.05, 3.63) is 76.9 Å². The van der Waals surface area contributed by atoms with Crippen LogP contribution in [0.5, 0.6) is 28.7 Å². The Morgan fingerprint density at radius 2 is 1.03 bits per heavy atom. The number of rotatable bonds is 9. The van der Waals surface area contributed by atoms with Crippen molar-refractivity contribution in [2.45, 2.75) is 25.7 Å². The normalized spacial score (nSPS) is 12.0. The lowest BCUT2D eigenvalue weighted by Crippen LogP contribution is -1.98. The highest BCUT2D eigenvalue weighted by Crippen LogP contribution is 2.33. The first-order valence-corrected chi connectivity index (χ1v) is 10.4. The maximum Gasteiger partial charge on any atom is 0.231 e. The van der Waals surface area contributed by atoms with E-state index >= 15 is 0 Å². The largest absolute Gasteiger partial charge is 0.497 e. The molecule has 5 nitrogen and oxygen atoms in total. The third-order valence-electron chi connectivity index (χ3n) is 5.51. The van der Waals surface area contributed by atoms with Gasteiger partial charge in [0.1, 0.15) is 17.2 Å². The summed E-state index contributed by atoms with van der Waals surface area (Å²) in [6.07, 6.45) is 3.65. The van der Waals surface area contributed by atoms with E-state index in [1.807, 2.05) is 12.1 Å². The predicted molar refractivity (Wildman–Crippen MR) is 120 cm³/mol. The van der Waals surface area contributed by atoms with Gasteiger partial charge >= 0.3 is 0 Å². The first kappa shape index (κ1) is 20.9. The molecule has 31 heavy (non-hydrogen) atoms. The summed E-state index contributed by atoms with van der Waals surface area (Å²) in [4.78, 5) is 0. The molecule has 0 saturated heterocycles. The smallest absolute Gasteiger partial charge is 0.231 e. The second kappa shape index (κ2) is 9.65. The molecule has 0 aromatic heterocycles. The summed E-state index contributed by atoms with van der Waals surface area (Å²) >= 11 is 0. The SMILES string of the molecule is COc1cc(CCc2cc(OC)cc(OC)c2)cc(CCc2ccc3c(c2)OCO3)c1. The number of fused-ring (bicyclic) bond motifs is 1. The van der Waals surface area contributed by atoms with Crippen LogP contribution in [0, 0.1) is 0 Å². The minimum Gasteiger partial charge on any atom is -0.497 e. The van der Waals surface area contributed by atoms with Crippen molar-refractivity contribution in [1.82, 2.24) is 0 Å². The molecule has 3 aromatic carbocycles. The van der Waals surface area contributed by atoms with Crippen LogP contribution in [0.4, 0.5) is 0 Å². The number of hydrogen-bond acceptors (Lipinski definition) is 5. The molecule has 1 heterocycles. The third kappa shape index (κ3) is 5.23. The Labute approximate surface area is 183 Å². The van der Waals surface area contributed by atoms with Crippen molar-refractivity contribution >= 4 is 0 Å². The summed E-state index contributed by atoms with van der Waals surface area (Å²) in [5.74, 6) is 4.16. The van der Waals surface area contributed by atoms with Gasteiger partial charge in [0.15, 0.2) is 11.5 Å². The molecule has 0 N–H and O–H groups in total. The second-order valence-corrected chi connectivity index (χ2v) is 7.60. The molecule has 0 unspecified atom stereocenters. The van der Waals surface area contributed by atoms with Crippen LogP contribution in [0.2, 0.25) is 0 Å². The van der Waals surface area contributed by atoms with Gasteiger partial charge in [0.25, 0.3) is 0 Å². The van der Waals surface area contributed by atoms with Gasteiger partial charge in [-0.2, -0.15) is 0 Å². The van der Waals surface area contributed by atoms with Gasteiger partial charge in [-0.1, -0.05) is 12.1 Å². The Hall–Kier alpha value is -3.34. The average Bonchev–Trinajstić information content (AvgIpc) is 3.29. The van der Waals surface area contributed by atoms with Gasteiger partial charge in [-0.3, -0.25) is 0 Å². The Morgan fingerprint density at radius 3 is 1.61 bits per heavy atom. The van der Waals surface area contributed by atoms with E-state index in [9.17, 15) is 0 Å². The molecule has 162 valence electrons. The highest BCUT2D eigenvalue weighted by molar-refractivity contribution is 5.45. The zero-order valence-corrected chi connectivity index (χ0v) is 18.3. The Bertz CT molecular complexity index is 1020. The van der Waals surface area contributed by atoms with Crippen LogP contribution in [0.3, 0.4) is 0 Å². The molecule has 3 aromatic rings. The molecule has 1 aliphatic rings. The summed E-state index contributed by atoms with van der Waals surface area (Å²) in [5, 5.41) is 0. The number of hydrogen-bond donors (Lipinski definition) is 0. The van der Waals surface area contributed by atoms with Gasteiger partial charge in [-0.05, 0) is 84.3 Å². The lowest BCUT2D eigenvalue weighted by atomic mass is 9.98. The lowest BCUT2D eigenvalue weighted by Gasteiger charge is -2.11. The lowest BCUT2D eigenvalue weighted by molar-refractivity contribution is 0.174. The molecule has 1 aliphatic heterocycles. The fourth-order valence-electron chi connectivity index (χ4n) is 3.82. The minimum absolute atomic E-state index is 0.303. The van der Waals surface area contributed by atoms with E-state index in [1.165, 1.54) is 22.3 Å². The van der Waals surface area contributed by atoms with Gasteiger partial charge < -0.3 is 23.7 Å². The topological polar surface area (TPSA) is 46.2 Å². The molecule has 0 atom stereocenters. The number of ether oxygens (including phenoxy) is 5. The maximum absolute atomic E-state index is 5.56. The summed E-state index contributed by atoms with van der Waals surface area (Å²) in [7, 11) is 5.06. The van der Waals surface area contributed by atoms with Crippen LogP contribution in [0.1, 0.15) is 22.3 Å². The van der Waals surface area contributed by atoms with Crippen molar-refractivity contribution in [2.24, 2.45) is 0 Å². The van der Waals surface area contributed by atoms with Crippen molar-refractivity contribution in [2.75, 3.05) is 28.1 Å². The van der Waals surface area contributed by atoms with Crippen LogP contribution in [-0.4, -0.2) is 28.1 Å². The summed E-state index contributed by atoms with van der Waals surface area (Å²) in [5.41, 5.74) is 4.93. The van der Waals surface area contributed by atoms with E-state index in [0.717, 1.165) is 54.4 Å². The van der Waals surface area contributed by atoms with Crippen molar-refractivity contribution in [1.29, 1.82) is 0 Å². The third-order valence-corrected chi connectivity index (χ3v) is 5.51. The molecular weight excluding hydrogens is 392 g/mol. The summed E-state index contributed by atoms with van der Waals surface area (Å²) in [6, 6.07) is 18.7. The molecule has 0 aliphatic carbocycles. The van der Waals surface area contributed by atoms with E-state index in [0.29, 0.717) is 6.79 Å². The monoisotopic (exact) mass is 420 g/mol. The van der Waals surface area contributed by atoms with Crippen molar-refractivity contribution in [3.8, 4) is 28.7 Å². The number of benzene rings is 3. The molecule has 0 saturated carbocycles. The van der Waals surface area contributed by atoms with Gasteiger partial charge in [0.05, 0.1) is 21.3 Å². The molecule has 0 amide bonds. The van der Waals surface area contributed by atoms with Gasteiger partial charge in [0.2, 0.25) is 6.79 Å². The van der Waals surface area contributed by atoms with Crippen LogP contribution < -0.4 is 23.7 Å². The average molecular weight is 421 g/mol. The van der Waals surface area contributed by atoms with E-state index in [4.69, 9.17) is 23.7 Å². The fraction of sp³-hybridized carbons (Fsp3) is 0.308. The van der Waals surface area contributed by atoms with Gasteiger partial charge in [-0.15, -0.1) is 0 Å². The van der Waals surface area contributed by atoms with Crippen molar-refractivity contribution in [3.63, 3.8) is 0 Å². The highest BCUT2D eigenvalue weighted by atomic mass is 16.7. The van der Waals surface area contributed by atoms with E-state index in [2.05, 4.69) is 42.5 Å². The molecule has 0 radical (unpaired) electrons. The standard InChI is InChI=1S/C26H28O5/c1-27-22-11-19(5-4-18-8-9-25-26(15-18)31-17-30-25)10-20(12-22)6-7-21-13-23(28-2)16-24(14-21)29-3/h8-16H,4-7,17H2,1-3H3.